The Bertz CT molecular complexity index is 342. The van der Waals surface area contributed by atoms with Crippen LogP contribution in [0.25, 0.3) is 0 Å². The van der Waals surface area contributed by atoms with Crippen LogP contribution in [0.3, 0.4) is 0 Å². The van der Waals surface area contributed by atoms with Gasteiger partial charge in [0.05, 0.1) is 0 Å². The van der Waals surface area contributed by atoms with Gasteiger partial charge in [0.25, 0.3) is 0 Å². The molecule has 2 rings (SSSR count). The Labute approximate surface area is 88.5 Å². The molecule has 1 aliphatic heterocycles. The van der Waals surface area contributed by atoms with Gasteiger partial charge in [0.15, 0.2) is 0 Å². The summed E-state index contributed by atoms with van der Waals surface area (Å²) in [6.45, 7) is 2.21. The van der Waals surface area contributed by atoms with Gasteiger partial charge < -0.3 is 10.0 Å². The largest absolute Gasteiger partial charge is 0.465 e. The summed E-state index contributed by atoms with van der Waals surface area (Å²) in [5, 5.41) is 10.8. The van der Waals surface area contributed by atoms with Gasteiger partial charge in [0, 0.05) is 24.5 Å². The molecular formula is C11H14N2O2. The van der Waals surface area contributed by atoms with Gasteiger partial charge in [0.1, 0.15) is 0 Å². The Kier molecular flexibility index (Phi) is 2.76. The standard InChI is InChI=1S/C11H14N2O2/c14-11(15)12-9-3-5-10(6-4-9)13-7-1-2-8-13/h3-6,12H,1-2,7-8H2,(H,14,15). The van der Waals surface area contributed by atoms with Crippen molar-refractivity contribution >= 4 is 17.5 Å². The van der Waals surface area contributed by atoms with Crippen LogP contribution < -0.4 is 10.2 Å². The number of carbonyl (C=O) groups is 1. The van der Waals surface area contributed by atoms with E-state index in [4.69, 9.17) is 5.11 Å². The molecule has 0 aliphatic carbocycles. The number of rotatable bonds is 2. The van der Waals surface area contributed by atoms with Gasteiger partial charge in [-0.05, 0) is 37.1 Å². The molecular weight excluding hydrogens is 192 g/mol. The predicted molar refractivity (Wildman–Crippen MR) is 59.5 cm³/mol. The summed E-state index contributed by atoms with van der Waals surface area (Å²) in [6, 6.07) is 7.50. The molecule has 0 radical (unpaired) electrons. The molecule has 0 bridgehead atoms. The molecule has 0 atom stereocenters. The van der Waals surface area contributed by atoms with Crippen molar-refractivity contribution in [3.8, 4) is 0 Å². The van der Waals surface area contributed by atoms with Crippen LogP contribution in [0.1, 0.15) is 12.8 Å². The zero-order valence-electron chi connectivity index (χ0n) is 8.44. The number of nitrogens with zero attached hydrogens (tertiary/aromatic N) is 1. The molecule has 1 saturated heterocycles. The van der Waals surface area contributed by atoms with Gasteiger partial charge in [-0.25, -0.2) is 4.79 Å². The zero-order valence-corrected chi connectivity index (χ0v) is 8.44. The molecule has 1 aliphatic rings. The first-order chi connectivity index (χ1) is 7.25. The van der Waals surface area contributed by atoms with Crippen molar-refractivity contribution in [2.24, 2.45) is 0 Å². The van der Waals surface area contributed by atoms with Crippen LogP contribution in [0.2, 0.25) is 0 Å². The minimum absolute atomic E-state index is 0.616. The molecule has 0 unspecified atom stereocenters. The third-order valence-corrected chi connectivity index (χ3v) is 2.59. The first kappa shape index (κ1) is 9.83. The van der Waals surface area contributed by atoms with Crippen LogP contribution in [0.4, 0.5) is 16.2 Å². The van der Waals surface area contributed by atoms with E-state index in [1.54, 1.807) is 12.1 Å². The highest BCUT2D eigenvalue weighted by atomic mass is 16.4. The minimum atomic E-state index is -1.02. The SMILES string of the molecule is O=C(O)Nc1ccc(N2CCCC2)cc1. The van der Waals surface area contributed by atoms with E-state index in [1.165, 1.54) is 18.5 Å². The monoisotopic (exact) mass is 206 g/mol. The summed E-state index contributed by atoms with van der Waals surface area (Å²) in [6.07, 6.45) is 1.47. The number of amides is 1. The van der Waals surface area contributed by atoms with E-state index in [1.807, 2.05) is 12.1 Å². The second-order valence-electron chi connectivity index (χ2n) is 3.67. The molecule has 4 nitrogen and oxygen atoms in total. The van der Waals surface area contributed by atoms with Crippen molar-refractivity contribution in [3.05, 3.63) is 24.3 Å². The number of benzene rings is 1. The van der Waals surface area contributed by atoms with Crippen LogP contribution in [-0.2, 0) is 0 Å². The van der Waals surface area contributed by atoms with Gasteiger partial charge in [-0.2, -0.15) is 0 Å². The second-order valence-corrected chi connectivity index (χ2v) is 3.67. The van der Waals surface area contributed by atoms with Gasteiger partial charge in [-0.1, -0.05) is 0 Å². The molecule has 1 heterocycles. The fraction of sp³-hybridized carbons (Fsp3) is 0.364. The lowest BCUT2D eigenvalue weighted by atomic mass is 10.2. The van der Waals surface area contributed by atoms with E-state index < -0.39 is 6.09 Å². The van der Waals surface area contributed by atoms with Crippen LogP contribution in [0, 0.1) is 0 Å². The van der Waals surface area contributed by atoms with E-state index in [0.717, 1.165) is 13.1 Å². The molecule has 1 aromatic carbocycles. The fourth-order valence-corrected chi connectivity index (χ4v) is 1.85. The summed E-state index contributed by atoms with van der Waals surface area (Å²) < 4.78 is 0. The third kappa shape index (κ3) is 2.40. The molecule has 2 N–H and O–H groups in total. The number of anilines is 2. The number of nitrogens with one attached hydrogen (secondary N) is 1. The maximum absolute atomic E-state index is 10.4. The van der Waals surface area contributed by atoms with Crippen molar-refractivity contribution in [1.29, 1.82) is 0 Å². The van der Waals surface area contributed by atoms with Crippen molar-refractivity contribution in [2.75, 3.05) is 23.3 Å². The molecule has 80 valence electrons. The molecule has 0 aromatic heterocycles. The molecule has 4 heteroatoms. The van der Waals surface area contributed by atoms with E-state index in [0.29, 0.717) is 5.69 Å². The van der Waals surface area contributed by atoms with E-state index in [-0.39, 0.29) is 0 Å². The average molecular weight is 206 g/mol. The maximum Gasteiger partial charge on any atom is 0.409 e. The van der Waals surface area contributed by atoms with E-state index in [9.17, 15) is 4.79 Å². The average Bonchev–Trinajstić information content (AvgIpc) is 2.71. The molecule has 0 spiro atoms. The smallest absolute Gasteiger partial charge is 0.409 e. The van der Waals surface area contributed by atoms with Gasteiger partial charge in [-0.3, -0.25) is 5.32 Å². The Balaban J connectivity index is 2.06. The van der Waals surface area contributed by atoms with Crippen LogP contribution in [0.5, 0.6) is 0 Å². The summed E-state index contributed by atoms with van der Waals surface area (Å²) in [4.78, 5) is 12.7. The normalized spacial score (nSPS) is 15.3. The highest BCUT2D eigenvalue weighted by Gasteiger charge is 2.11. The van der Waals surface area contributed by atoms with Crippen molar-refractivity contribution in [3.63, 3.8) is 0 Å². The van der Waals surface area contributed by atoms with Crippen molar-refractivity contribution < 1.29 is 9.90 Å². The quantitative estimate of drug-likeness (QED) is 0.781. The summed E-state index contributed by atoms with van der Waals surface area (Å²) in [5.74, 6) is 0. The molecule has 0 saturated carbocycles. The number of hydrogen-bond acceptors (Lipinski definition) is 2. The topological polar surface area (TPSA) is 52.6 Å². The van der Waals surface area contributed by atoms with Crippen molar-refractivity contribution in [1.82, 2.24) is 0 Å². The Morgan fingerprint density at radius 1 is 1.20 bits per heavy atom. The predicted octanol–water partition coefficient (Wildman–Crippen LogP) is 2.38. The summed E-state index contributed by atoms with van der Waals surface area (Å²) >= 11 is 0. The Morgan fingerprint density at radius 3 is 2.33 bits per heavy atom. The fourth-order valence-electron chi connectivity index (χ4n) is 1.85. The van der Waals surface area contributed by atoms with Crippen LogP contribution in [0.15, 0.2) is 24.3 Å². The first-order valence-electron chi connectivity index (χ1n) is 5.11. The van der Waals surface area contributed by atoms with Gasteiger partial charge in [0.2, 0.25) is 0 Å². The third-order valence-electron chi connectivity index (χ3n) is 2.59. The van der Waals surface area contributed by atoms with Gasteiger partial charge in [-0.15, -0.1) is 0 Å². The van der Waals surface area contributed by atoms with Crippen LogP contribution >= 0.6 is 0 Å². The van der Waals surface area contributed by atoms with Crippen molar-refractivity contribution in [2.45, 2.75) is 12.8 Å². The lowest BCUT2D eigenvalue weighted by Gasteiger charge is -2.17. The highest BCUT2D eigenvalue weighted by molar-refractivity contribution is 5.83. The molecule has 15 heavy (non-hydrogen) atoms. The minimum Gasteiger partial charge on any atom is -0.465 e. The molecule has 1 amide bonds. The Morgan fingerprint density at radius 2 is 1.80 bits per heavy atom. The summed E-state index contributed by atoms with van der Waals surface area (Å²) in [5.41, 5.74) is 1.79. The van der Waals surface area contributed by atoms with Gasteiger partial charge >= 0.3 is 6.09 Å². The maximum atomic E-state index is 10.4. The molecule has 1 fully saturated rings. The van der Waals surface area contributed by atoms with E-state index >= 15 is 0 Å². The number of hydrogen-bond donors (Lipinski definition) is 2. The second kappa shape index (κ2) is 4.21. The van der Waals surface area contributed by atoms with E-state index in [2.05, 4.69) is 10.2 Å². The Hall–Kier alpha value is -1.71. The van der Waals surface area contributed by atoms with Crippen LogP contribution in [-0.4, -0.2) is 24.3 Å². The zero-order chi connectivity index (χ0) is 10.7. The number of carboxylic acid groups (broad SMARTS) is 1. The lowest BCUT2D eigenvalue weighted by Crippen LogP contribution is -2.17. The highest BCUT2D eigenvalue weighted by Crippen LogP contribution is 2.21. The first-order valence-corrected chi connectivity index (χ1v) is 5.11. The molecule has 1 aromatic rings. The lowest BCUT2D eigenvalue weighted by molar-refractivity contribution is 0.210. The summed E-state index contributed by atoms with van der Waals surface area (Å²) in [7, 11) is 0.